The van der Waals surface area contributed by atoms with Crippen LogP contribution in [0.3, 0.4) is 0 Å². The van der Waals surface area contributed by atoms with Gasteiger partial charge in [0.25, 0.3) is 5.91 Å². The minimum atomic E-state index is -1.19. The first-order valence-corrected chi connectivity index (χ1v) is 15.2. The molecule has 1 saturated carbocycles. The highest BCUT2D eigenvalue weighted by Gasteiger charge is 2.46. The smallest absolute Gasteiger partial charge is 0.252 e. The Kier molecular flexibility index (Phi) is 10.4. The van der Waals surface area contributed by atoms with Crippen LogP contribution < -0.4 is 16.4 Å². The number of halogens is 2. The monoisotopic (exact) mass is 614 g/mol. The Morgan fingerprint density at radius 2 is 1.79 bits per heavy atom. The van der Waals surface area contributed by atoms with E-state index in [0.29, 0.717) is 27.7 Å². The molecule has 1 heterocycles. The lowest BCUT2D eigenvalue weighted by atomic mass is 9.76. The highest BCUT2D eigenvalue weighted by molar-refractivity contribution is 6.42. The van der Waals surface area contributed by atoms with Crippen molar-refractivity contribution in [2.75, 3.05) is 19.7 Å². The van der Waals surface area contributed by atoms with Gasteiger partial charge in [0.1, 0.15) is 6.04 Å². The summed E-state index contributed by atoms with van der Waals surface area (Å²) in [6.07, 6.45) is 4.59. The third-order valence-corrected chi connectivity index (χ3v) is 8.74. The molecule has 1 fully saturated rings. The molecule has 0 bridgehead atoms. The number of hydrogen-bond donors (Lipinski definition) is 3. The van der Waals surface area contributed by atoms with Crippen molar-refractivity contribution in [2.24, 2.45) is 5.73 Å². The Balaban J connectivity index is 1.66. The van der Waals surface area contributed by atoms with Crippen molar-refractivity contribution in [2.45, 2.75) is 76.6 Å². The average Bonchev–Trinajstić information content (AvgIpc) is 3.21. The molecule has 42 heavy (non-hydrogen) atoms. The van der Waals surface area contributed by atoms with Gasteiger partial charge in [-0.3, -0.25) is 14.4 Å². The first kappa shape index (κ1) is 32.0. The molecular formula is C32H40Cl2N4O4. The maximum atomic E-state index is 14.1. The molecule has 226 valence electrons. The van der Waals surface area contributed by atoms with Crippen LogP contribution in [0.15, 0.2) is 54.1 Å². The number of nitrogens with two attached hydrogens (primary N) is 1. The van der Waals surface area contributed by atoms with Crippen LogP contribution in [0, 0.1) is 0 Å². The maximum Gasteiger partial charge on any atom is 0.252 e. The Morgan fingerprint density at radius 3 is 2.40 bits per heavy atom. The zero-order chi connectivity index (χ0) is 30.5. The number of rotatable bonds is 11. The summed E-state index contributed by atoms with van der Waals surface area (Å²) in [5.74, 6) is -0.957. The fourth-order valence-electron chi connectivity index (χ4n) is 5.65. The summed E-state index contributed by atoms with van der Waals surface area (Å²) in [7, 11) is 0. The predicted octanol–water partition coefficient (Wildman–Crippen LogP) is 4.87. The molecule has 10 heteroatoms. The molecule has 0 aromatic heterocycles. The van der Waals surface area contributed by atoms with Crippen molar-refractivity contribution in [3.8, 4) is 0 Å². The topological polar surface area (TPSA) is 114 Å². The zero-order valence-electron chi connectivity index (χ0n) is 24.5. The molecule has 3 amide bonds. The lowest BCUT2D eigenvalue weighted by Gasteiger charge is -2.38. The second-order valence-corrected chi connectivity index (χ2v) is 12.5. The second-order valence-electron chi connectivity index (χ2n) is 11.7. The first-order chi connectivity index (χ1) is 19.9. The van der Waals surface area contributed by atoms with Crippen molar-refractivity contribution >= 4 is 46.5 Å². The van der Waals surface area contributed by atoms with Crippen LogP contribution >= 0.6 is 23.2 Å². The normalized spacial score (nSPS) is 17.2. The van der Waals surface area contributed by atoms with E-state index in [9.17, 15) is 14.4 Å². The van der Waals surface area contributed by atoms with E-state index < -0.39 is 23.0 Å². The number of benzene rings is 2. The van der Waals surface area contributed by atoms with Crippen LogP contribution in [0.1, 0.15) is 64.0 Å². The lowest BCUT2D eigenvalue weighted by Crippen LogP contribution is -2.58. The van der Waals surface area contributed by atoms with Gasteiger partial charge in [0.05, 0.1) is 34.3 Å². The van der Waals surface area contributed by atoms with E-state index in [0.717, 1.165) is 43.2 Å². The number of carbonyl (C=O) groups excluding carboxylic acids is 3. The van der Waals surface area contributed by atoms with Crippen LogP contribution in [0.25, 0.3) is 5.57 Å². The first-order valence-electron chi connectivity index (χ1n) is 14.5. The van der Waals surface area contributed by atoms with Gasteiger partial charge in [-0.25, -0.2) is 0 Å². The number of carbonyl (C=O) groups is 3. The van der Waals surface area contributed by atoms with E-state index in [4.69, 9.17) is 33.7 Å². The number of likely N-dealkylation sites (N-methyl/N-ethyl adjacent to an activating group) is 1. The molecule has 8 nitrogen and oxygen atoms in total. The standard InChI is InChI=1S/C32H40Cl2N4O4/c1-4-38(29(40)26(36-30(41)31(2,3)35)20-42-19-21-11-7-5-8-12-21)18-23-27(22-13-14-24(33)25(34)17-22)28(39)37-32(23)15-9-6-10-16-32/h5,7-8,11-14,17,26H,4,6,9-10,15-16,18-20,35H2,1-3H3,(H,36,41)(H,37,39)/t26-/m1/s1. The number of nitrogens with zero attached hydrogens (tertiary/aromatic N) is 1. The molecule has 0 saturated heterocycles. The molecule has 1 aliphatic heterocycles. The molecule has 0 unspecified atom stereocenters. The number of hydrogen-bond acceptors (Lipinski definition) is 5. The van der Waals surface area contributed by atoms with Gasteiger partial charge in [0, 0.05) is 18.7 Å². The van der Waals surface area contributed by atoms with E-state index in [1.54, 1.807) is 36.9 Å². The number of nitrogens with one attached hydrogen (secondary N) is 2. The lowest BCUT2D eigenvalue weighted by molar-refractivity contribution is -0.139. The maximum absolute atomic E-state index is 14.1. The summed E-state index contributed by atoms with van der Waals surface area (Å²) < 4.78 is 5.91. The minimum Gasteiger partial charge on any atom is -0.374 e. The van der Waals surface area contributed by atoms with Gasteiger partial charge in [-0.1, -0.05) is 78.9 Å². The van der Waals surface area contributed by atoms with Crippen LogP contribution in [0.4, 0.5) is 0 Å². The van der Waals surface area contributed by atoms with E-state index in [1.165, 1.54) is 0 Å². The molecule has 2 aliphatic rings. The Bertz CT molecular complexity index is 1330. The van der Waals surface area contributed by atoms with E-state index in [2.05, 4.69) is 10.6 Å². The van der Waals surface area contributed by atoms with Crippen LogP contribution in [-0.2, 0) is 25.7 Å². The largest absolute Gasteiger partial charge is 0.374 e. The van der Waals surface area contributed by atoms with Gasteiger partial charge in [0.15, 0.2) is 0 Å². The zero-order valence-corrected chi connectivity index (χ0v) is 26.0. The predicted molar refractivity (Wildman–Crippen MR) is 166 cm³/mol. The summed E-state index contributed by atoms with van der Waals surface area (Å²) in [4.78, 5) is 42.2. The van der Waals surface area contributed by atoms with Crippen molar-refractivity contribution in [3.63, 3.8) is 0 Å². The Labute approximate surface area is 257 Å². The van der Waals surface area contributed by atoms with E-state index in [-0.39, 0.29) is 31.6 Å². The van der Waals surface area contributed by atoms with Crippen LogP contribution in [0.5, 0.6) is 0 Å². The number of amides is 3. The second kappa shape index (κ2) is 13.6. The van der Waals surface area contributed by atoms with E-state index >= 15 is 0 Å². The third kappa shape index (κ3) is 7.35. The van der Waals surface area contributed by atoms with Crippen molar-refractivity contribution < 1.29 is 19.1 Å². The molecule has 2 aromatic rings. The summed E-state index contributed by atoms with van der Waals surface area (Å²) in [5.41, 5.74) is 7.30. The van der Waals surface area contributed by atoms with E-state index in [1.807, 2.05) is 37.3 Å². The quantitative estimate of drug-likeness (QED) is 0.334. The van der Waals surface area contributed by atoms with Gasteiger partial charge in [-0.2, -0.15) is 0 Å². The number of ether oxygens (including phenoxy) is 1. The van der Waals surface area contributed by atoms with Gasteiger partial charge in [-0.15, -0.1) is 0 Å². The van der Waals surface area contributed by atoms with Crippen molar-refractivity contribution in [3.05, 3.63) is 75.3 Å². The molecule has 4 rings (SSSR count). The molecule has 1 spiro atoms. The fraction of sp³-hybridized carbons (Fsp3) is 0.469. The Hall–Kier alpha value is -2.91. The van der Waals surface area contributed by atoms with Gasteiger partial charge >= 0.3 is 0 Å². The minimum absolute atomic E-state index is 0.0347. The van der Waals surface area contributed by atoms with Gasteiger partial charge in [0.2, 0.25) is 11.8 Å². The molecule has 1 atom stereocenters. The molecule has 0 radical (unpaired) electrons. The van der Waals surface area contributed by atoms with Gasteiger partial charge in [-0.05, 0) is 62.4 Å². The van der Waals surface area contributed by atoms with Crippen molar-refractivity contribution in [1.82, 2.24) is 15.5 Å². The summed E-state index contributed by atoms with van der Waals surface area (Å²) in [6.45, 7) is 5.87. The molecular weight excluding hydrogens is 575 g/mol. The Morgan fingerprint density at radius 1 is 1.10 bits per heavy atom. The summed E-state index contributed by atoms with van der Waals surface area (Å²) in [6, 6.07) is 13.8. The SMILES string of the molecule is CCN(CC1=C(c2ccc(Cl)c(Cl)c2)C(=O)NC12CCCCC2)C(=O)[C@@H](COCc1ccccc1)NC(=O)C(C)(C)N. The third-order valence-electron chi connectivity index (χ3n) is 8.00. The van der Waals surface area contributed by atoms with Crippen LogP contribution in [0.2, 0.25) is 10.0 Å². The highest BCUT2D eigenvalue weighted by atomic mass is 35.5. The molecule has 4 N–H and O–H groups in total. The van der Waals surface area contributed by atoms with Gasteiger partial charge < -0.3 is 26.0 Å². The summed E-state index contributed by atoms with van der Waals surface area (Å²) >= 11 is 12.5. The highest BCUT2D eigenvalue weighted by Crippen LogP contribution is 2.43. The average molecular weight is 616 g/mol. The molecule has 1 aliphatic carbocycles. The molecule has 2 aromatic carbocycles. The van der Waals surface area contributed by atoms with Crippen molar-refractivity contribution in [1.29, 1.82) is 0 Å². The van der Waals surface area contributed by atoms with Crippen LogP contribution in [-0.4, -0.2) is 59.4 Å². The summed E-state index contributed by atoms with van der Waals surface area (Å²) in [5, 5.41) is 6.82. The fourth-order valence-corrected chi connectivity index (χ4v) is 5.94.